The highest BCUT2D eigenvalue weighted by atomic mass is 16.2. The predicted octanol–water partition coefficient (Wildman–Crippen LogP) is 3.52. The monoisotopic (exact) mass is 500 g/mol. The van der Waals surface area contributed by atoms with Crippen molar-refractivity contribution in [2.45, 2.75) is 68.9 Å². The normalized spacial score (nSPS) is 23.7. The van der Waals surface area contributed by atoms with Crippen LogP contribution in [-0.2, 0) is 27.8 Å². The van der Waals surface area contributed by atoms with E-state index in [0.29, 0.717) is 18.3 Å². The fraction of sp³-hybridized carbons (Fsp3) is 0.548. The summed E-state index contributed by atoms with van der Waals surface area (Å²) >= 11 is 0. The Morgan fingerprint density at radius 2 is 1.62 bits per heavy atom. The molecule has 2 aromatic rings. The average molecular weight is 501 g/mol. The number of benzene rings is 2. The number of carbonyl (C=O) groups excluding carboxylic acids is 2. The largest absolute Gasteiger partial charge is 0.351 e. The lowest BCUT2D eigenvalue weighted by Crippen LogP contribution is -2.53. The van der Waals surface area contributed by atoms with Gasteiger partial charge in [-0.05, 0) is 99.9 Å². The number of rotatable bonds is 5. The van der Waals surface area contributed by atoms with Crippen molar-refractivity contribution >= 4 is 17.5 Å². The summed E-state index contributed by atoms with van der Waals surface area (Å²) in [4.78, 5) is 33.6. The molecule has 1 atom stereocenters. The van der Waals surface area contributed by atoms with Gasteiger partial charge in [-0.2, -0.15) is 0 Å². The van der Waals surface area contributed by atoms with Crippen LogP contribution in [0.15, 0.2) is 48.5 Å². The first-order valence-electron chi connectivity index (χ1n) is 14.2. The number of aryl methyl sites for hydroxylation is 1. The van der Waals surface area contributed by atoms with Crippen LogP contribution in [0.4, 0.5) is 5.69 Å². The lowest BCUT2D eigenvalue weighted by atomic mass is 9.74. The van der Waals surface area contributed by atoms with Crippen LogP contribution >= 0.6 is 0 Å². The molecule has 4 aliphatic rings. The molecule has 0 saturated carbocycles. The Morgan fingerprint density at radius 3 is 2.41 bits per heavy atom. The number of piperidine rings is 2. The van der Waals surface area contributed by atoms with Crippen LogP contribution < -0.4 is 10.2 Å². The van der Waals surface area contributed by atoms with Crippen molar-refractivity contribution in [3.05, 3.63) is 65.2 Å². The first-order valence-corrected chi connectivity index (χ1v) is 14.2. The van der Waals surface area contributed by atoms with E-state index in [4.69, 9.17) is 0 Å². The first kappa shape index (κ1) is 24.6. The quantitative estimate of drug-likeness (QED) is 0.683. The van der Waals surface area contributed by atoms with Crippen LogP contribution in [0.5, 0.6) is 0 Å². The molecule has 6 rings (SSSR count). The van der Waals surface area contributed by atoms with Crippen LogP contribution in [0.1, 0.15) is 55.2 Å². The van der Waals surface area contributed by atoms with Gasteiger partial charge in [0.15, 0.2) is 0 Å². The molecule has 3 heterocycles. The number of anilines is 1. The molecule has 2 fully saturated rings. The molecule has 6 nitrogen and oxygen atoms in total. The Kier molecular flexibility index (Phi) is 6.80. The Hall–Kier alpha value is -2.70. The topological polar surface area (TPSA) is 55.9 Å². The van der Waals surface area contributed by atoms with E-state index in [1.165, 1.54) is 31.2 Å². The number of amides is 2. The van der Waals surface area contributed by atoms with E-state index in [2.05, 4.69) is 52.5 Å². The maximum atomic E-state index is 13.6. The number of carbonyl (C=O) groups is 2. The second-order valence-electron chi connectivity index (χ2n) is 11.7. The maximum Gasteiger partial charge on any atom is 0.243 e. The average Bonchev–Trinajstić information content (AvgIpc) is 3.49. The predicted molar refractivity (Wildman–Crippen MR) is 147 cm³/mol. The molecule has 3 aliphatic heterocycles. The number of nitrogens with one attached hydrogen (secondary N) is 1. The van der Waals surface area contributed by atoms with Crippen molar-refractivity contribution in [3.8, 4) is 0 Å². The zero-order valence-electron chi connectivity index (χ0n) is 22.1. The molecule has 0 bridgehead atoms. The van der Waals surface area contributed by atoms with E-state index in [1.54, 1.807) is 10.5 Å². The number of nitrogens with zero attached hydrogens (tertiary/aromatic N) is 3. The molecular weight excluding hydrogens is 460 g/mol. The molecular formula is C31H40N4O2. The summed E-state index contributed by atoms with van der Waals surface area (Å²) in [6.07, 6.45) is 7.80. The van der Waals surface area contributed by atoms with Crippen molar-refractivity contribution in [1.82, 2.24) is 15.1 Å². The summed E-state index contributed by atoms with van der Waals surface area (Å²) in [5.74, 6) is 0.0684. The Bertz CT molecular complexity index is 1150. The third-order valence-electron chi connectivity index (χ3n) is 9.53. The van der Waals surface area contributed by atoms with Gasteiger partial charge in [-0.25, -0.2) is 0 Å². The Labute approximate surface area is 221 Å². The van der Waals surface area contributed by atoms with E-state index in [1.807, 2.05) is 18.2 Å². The minimum absolute atomic E-state index is 0.00100. The van der Waals surface area contributed by atoms with E-state index in [-0.39, 0.29) is 17.9 Å². The lowest BCUT2D eigenvalue weighted by Gasteiger charge is -2.40. The van der Waals surface area contributed by atoms with Crippen LogP contribution in [0.3, 0.4) is 0 Å². The second-order valence-corrected chi connectivity index (χ2v) is 11.7. The number of para-hydroxylation sites is 1. The Balaban J connectivity index is 1.08. The van der Waals surface area contributed by atoms with Crippen molar-refractivity contribution in [2.75, 3.05) is 44.7 Å². The summed E-state index contributed by atoms with van der Waals surface area (Å²) in [6, 6.07) is 16.8. The molecule has 37 heavy (non-hydrogen) atoms. The molecule has 1 N–H and O–H groups in total. The minimum atomic E-state index is -0.441. The van der Waals surface area contributed by atoms with Crippen molar-refractivity contribution in [3.63, 3.8) is 0 Å². The van der Waals surface area contributed by atoms with Gasteiger partial charge in [-0.3, -0.25) is 14.5 Å². The van der Waals surface area contributed by atoms with Gasteiger partial charge >= 0.3 is 0 Å². The van der Waals surface area contributed by atoms with Gasteiger partial charge in [0.25, 0.3) is 0 Å². The summed E-state index contributed by atoms with van der Waals surface area (Å²) in [5, 5.41) is 3.27. The third-order valence-corrected chi connectivity index (χ3v) is 9.53. The summed E-state index contributed by atoms with van der Waals surface area (Å²) < 4.78 is 0. The molecule has 0 unspecified atom stereocenters. The van der Waals surface area contributed by atoms with Gasteiger partial charge in [0.2, 0.25) is 11.8 Å². The van der Waals surface area contributed by atoms with Gasteiger partial charge in [0.05, 0.1) is 0 Å². The second kappa shape index (κ2) is 10.2. The van der Waals surface area contributed by atoms with E-state index in [0.717, 1.165) is 56.8 Å². The van der Waals surface area contributed by atoms with Gasteiger partial charge in [-0.1, -0.05) is 42.5 Å². The molecule has 0 aromatic heterocycles. The highest BCUT2D eigenvalue weighted by Crippen LogP contribution is 2.46. The molecule has 2 aromatic carbocycles. The molecule has 196 valence electrons. The SMILES string of the molecule is CN1CCC(NC(=O)[C@@H]2Cc3ccccc3N2C(=O)CCN2CCC3(CCc4ccccc43)CC2)CC1. The van der Waals surface area contributed by atoms with Gasteiger partial charge < -0.3 is 15.1 Å². The number of hydrogen-bond donors (Lipinski definition) is 1. The third kappa shape index (κ3) is 4.82. The highest BCUT2D eigenvalue weighted by Gasteiger charge is 2.42. The van der Waals surface area contributed by atoms with E-state index < -0.39 is 6.04 Å². The fourth-order valence-corrected chi connectivity index (χ4v) is 7.22. The number of likely N-dealkylation sites (tertiary alicyclic amines) is 2. The zero-order chi connectivity index (χ0) is 25.4. The summed E-state index contributed by atoms with van der Waals surface area (Å²) in [5.41, 5.74) is 5.44. The van der Waals surface area contributed by atoms with Crippen molar-refractivity contribution in [2.24, 2.45) is 0 Å². The smallest absolute Gasteiger partial charge is 0.243 e. The fourth-order valence-electron chi connectivity index (χ4n) is 7.22. The van der Waals surface area contributed by atoms with E-state index >= 15 is 0 Å². The van der Waals surface area contributed by atoms with Crippen LogP contribution in [-0.4, -0.2) is 73.5 Å². The number of hydrogen-bond acceptors (Lipinski definition) is 4. The molecule has 1 aliphatic carbocycles. The van der Waals surface area contributed by atoms with E-state index in [9.17, 15) is 9.59 Å². The van der Waals surface area contributed by atoms with Crippen molar-refractivity contribution in [1.29, 1.82) is 0 Å². The molecule has 6 heteroatoms. The zero-order valence-corrected chi connectivity index (χ0v) is 22.1. The summed E-state index contributed by atoms with van der Waals surface area (Å²) in [6.45, 7) is 4.84. The minimum Gasteiger partial charge on any atom is -0.351 e. The van der Waals surface area contributed by atoms with Crippen LogP contribution in [0.2, 0.25) is 0 Å². The van der Waals surface area contributed by atoms with Gasteiger partial charge in [-0.15, -0.1) is 0 Å². The Morgan fingerprint density at radius 1 is 0.919 bits per heavy atom. The summed E-state index contributed by atoms with van der Waals surface area (Å²) in [7, 11) is 2.13. The lowest BCUT2D eigenvalue weighted by molar-refractivity contribution is -0.127. The molecule has 2 amide bonds. The molecule has 1 spiro atoms. The van der Waals surface area contributed by atoms with Crippen LogP contribution in [0.25, 0.3) is 0 Å². The number of fused-ring (bicyclic) bond motifs is 3. The highest BCUT2D eigenvalue weighted by molar-refractivity contribution is 6.03. The molecule has 0 radical (unpaired) electrons. The molecule has 2 saturated heterocycles. The van der Waals surface area contributed by atoms with Crippen molar-refractivity contribution < 1.29 is 9.59 Å². The van der Waals surface area contributed by atoms with Gasteiger partial charge in [0, 0.05) is 31.1 Å². The first-order chi connectivity index (χ1) is 18.0. The van der Waals surface area contributed by atoms with Crippen LogP contribution in [0, 0.1) is 0 Å². The maximum absolute atomic E-state index is 13.6. The van der Waals surface area contributed by atoms with Gasteiger partial charge in [0.1, 0.15) is 6.04 Å². The standard InChI is InChI=1S/C31H40N4O2/c1-33-17-11-25(12-18-33)32-30(37)28-22-24-7-3-5-9-27(24)35(28)29(36)13-19-34-20-15-31(16-21-34)14-10-23-6-2-4-8-26(23)31/h2-9,25,28H,10-22H2,1H3,(H,32,37)/t28-/m0/s1.